The van der Waals surface area contributed by atoms with Gasteiger partial charge in [-0.05, 0) is 43.2 Å². The fourth-order valence-electron chi connectivity index (χ4n) is 3.06. The molecule has 1 aromatic heterocycles. The van der Waals surface area contributed by atoms with E-state index < -0.39 is 0 Å². The first-order valence-electron chi connectivity index (χ1n) is 8.79. The summed E-state index contributed by atoms with van der Waals surface area (Å²) in [5.74, 6) is 0.546. The first-order chi connectivity index (χ1) is 12.9. The van der Waals surface area contributed by atoms with E-state index >= 15 is 0 Å². The molecule has 0 fully saturated rings. The molecule has 0 atom stereocenters. The van der Waals surface area contributed by atoms with Crippen LogP contribution in [0, 0.1) is 13.8 Å². The average molecular weight is 365 g/mol. The van der Waals surface area contributed by atoms with E-state index in [4.69, 9.17) is 4.74 Å². The summed E-state index contributed by atoms with van der Waals surface area (Å²) in [5, 5.41) is 5.23. The first kappa shape index (κ1) is 18.6. The molecule has 0 aliphatic rings. The van der Waals surface area contributed by atoms with Gasteiger partial charge in [-0.15, -0.1) is 0 Å². The molecule has 3 aromatic rings. The molecule has 0 bridgehead atoms. The predicted molar refractivity (Wildman–Crippen MR) is 105 cm³/mol. The van der Waals surface area contributed by atoms with Crippen molar-refractivity contribution >= 4 is 16.7 Å². The maximum absolute atomic E-state index is 12.9. The molecular formula is C21H23N3O3. The molecule has 1 heterocycles. The van der Waals surface area contributed by atoms with Crippen molar-refractivity contribution in [2.24, 2.45) is 7.05 Å². The number of nitrogens with zero attached hydrogens (tertiary/aromatic N) is 3. The lowest BCUT2D eigenvalue weighted by Crippen LogP contribution is -2.33. The van der Waals surface area contributed by atoms with Gasteiger partial charge in [0.1, 0.15) is 12.4 Å². The van der Waals surface area contributed by atoms with Crippen LogP contribution in [0.25, 0.3) is 10.8 Å². The van der Waals surface area contributed by atoms with Gasteiger partial charge in [0.15, 0.2) is 5.69 Å². The first-order valence-corrected chi connectivity index (χ1v) is 8.79. The summed E-state index contributed by atoms with van der Waals surface area (Å²) in [4.78, 5) is 26.6. The lowest BCUT2D eigenvalue weighted by atomic mass is 10.1. The van der Waals surface area contributed by atoms with E-state index in [1.165, 1.54) is 4.68 Å². The van der Waals surface area contributed by atoms with Crippen LogP contribution >= 0.6 is 0 Å². The van der Waals surface area contributed by atoms with Crippen LogP contribution in [0.4, 0.5) is 0 Å². The van der Waals surface area contributed by atoms with E-state index in [-0.39, 0.29) is 17.2 Å². The number of carbonyl (C=O) groups is 1. The number of hydrogen-bond acceptors (Lipinski definition) is 4. The highest BCUT2D eigenvalue weighted by Gasteiger charge is 2.19. The molecule has 0 aliphatic carbocycles. The van der Waals surface area contributed by atoms with Crippen molar-refractivity contribution in [1.29, 1.82) is 0 Å². The Balaban J connectivity index is 1.75. The Morgan fingerprint density at radius 3 is 2.41 bits per heavy atom. The van der Waals surface area contributed by atoms with E-state index in [1.54, 1.807) is 43.3 Å². The third-order valence-electron chi connectivity index (χ3n) is 4.40. The van der Waals surface area contributed by atoms with E-state index in [0.29, 0.717) is 23.9 Å². The van der Waals surface area contributed by atoms with Crippen molar-refractivity contribution in [3.8, 4) is 5.75 Å². The minimum atomic E-state index is -0.245. The number of ether oxygens (including phenoxy) is 1. The molecule has 0 spiro atoms. The van der Waals surface area contributed by atoms with E-state index in [2.05, 4.69) is 11.2 Å². The van der Waals surface area contributed by atoms with Crippen molar-refractivity contribution in [1.82, 2.24) is 14.7 Å². The minimum Gasteiger partial charge on any atom is -0.492 e. The lowest BCUT2D eigenvalue weighted by Gasteiger charge is -2.18. The molecule has 2 aromatic carbocycles. The topological polar surface area (TPSA) is 64.4 Å². The highest BCUT2D eigenvalue weighted by atomic mass is 16.5. The van der Waals surface area contributed by atoms with Crippen molar-refractivity contribution in [2.45, 2.75) is 13.8 Å². The Hall–Kier alpha value is -3.15. The zero-order valence-electron chi connectivity index (χ0n) is 16.0. The molecule has 0 N–H and O–H groups in total. The largest absolute Gasteiger partial charge is 0.492 e. The number of rotatable bonds is 5. The van der Waals surface area contributed by atoms with E-state index in [1.807, 2.05) is 26.0 Å². The standard InChI is InChI=1S/C21H23N3O3/c1-14-11-15(2)13-16(12-14)27-10-9-23(3)21(26)19-17-7-5-6-8-18(17)20(25)24(4)22-19/h5-8,11-13H,9-10H2,1-4H3. The van der Waals surface area contributed by atoms with Gasteiger partial charge in [-0.2, -0.15) is 5.10 Å². The SMILES string of the molecule is Cc1cc(C)cc(OCCN(C)C(=O)c2nn(C)c(=O)c3ccccc23)c1. The Morgan fingerprint density at radius 2 is 1.74 bits per heavy atom. The van der Waals surface area contributed by atoms with Crippen LogP contribution in [-0.4, -0.2) is 40.8 Å². The number of hydrogen-bond donors (Lipinski definition) is 0. The summed E-state index contributed by atoms with van der Waals surface area (Å²) >= 11 is 0. The van der Waals surface area contributed by atoms with Crippen molar-refractivity contribution in [2.75, 3.05) is 20.2 Å². The van der Waals surface area contributed by atoms with Crippen LogP contribution in [0.3, 0.4) is 0 Å². The Labute approximate surface area is 158 Å². The van der Waals surface area contributed by atoms with Crippen LogP contribution in [0.5, 0.6) is 5.75 Å². The number of aryl methyl sites for hydroxylation is 3. The van der Waals surface area contributed by atoms with Gasteiger partial charge in [0.25, 0.3) is 11.5 Å². The average Bonchev–Trinajstić information content (AvgIpc) is 2.63. The van der Waals surface area contributed by atoms with Crippen LogP contribution in [-0.2, 0) is 7.05 Å². The van der Waals surface area contributed by atoms with Gasteiger partial charge < -0.3 is 9.64 Å². The summed E-state index contributed by atoms with van der Waals surface area (Å²) in [6, 6.07) is 13.0. The van der Waals surface area contributed by atoms with Gasteiger partial charge >= 0.3 is 0 Å². The number of fused-ring (bicyclic) bond motifs is 1. The second-order valence-electron chi connectivity index (χ2n) is 6.72. The van der Waals surface area contributed by atoms with Crippen LogP contribution < -0.4 is 10.3 Å². The van der Waals surface area contributed by atoms with Gasteiger partial charge in [0.2, 0.25) is 0 Å². The molecule has 6 heteroatoms. The zero-order chi connectivity index (χ0) is 19.6. The lowest BCUT2D eigenvalue weighted by molar-refractivity contribution is 0.0767. The maximum atomic E-state index is 12.9. The Bertz CT molecular complexity index is 1040. The molecule has 3 rings (SSSR count). The molecule has 140 valence electrons. The number of amides is 1. The third-order valence-corrected chi connectivity index (χ3v) is 4.40. The molecule has 0 aliphatic heterocycles. The second kappa shape index (κ2) is 7.61. The van der Waals surface area contributed by atoms with Gasteiger partial charge in [0, 0.05) is 19.5 Å². The van der Waals surface area contributed by atoms with Gasteiger partial charge in [-0.1, -0.05) is 24.3 Å². The molecule has 1 amide bonds. The normalized spacial score (nSPS) is 10.8. The summed E-state index contributed by atoms with van der Waals surface area (Å²) in [6.07, 6.45) is 0. The van der Waals surface area contributed by atoms with Crippen LogP contribution in [0.15, 0.2) is 47.3 Å². The smallest absolute Gasteiger partial charge is 0.274 e. The van der Waals surface area contributed by atoms with E-state index in [0.717, 1.165) is 16.9 Å². The zero-order valence-corrected chi connectivity index (χ0v) is 16.0. The Kier molecular flexibility index (Phi) is 5.26. The third kappa shape index (κ3) is 4.00. The van der Waals surface area contributed by atoms with Crippen LogP contribution in [0.2, 0.25) is 0 Å². The highest BCUT2D eigenvalue weighted by Crippen LogP contribution is 2.17. The maximum Gasteiger partial charge on any atom is 0.274 e. The van der Waals surface area contributed by atoms with Crippen molar-refractivity contribution < 1.29 is 9.53 Å². The second-order valence-corrected chi connectivity index (χ2v) is 6.72. The van der Waals surface area contributed by atoms with Crippen molar-refractivity contribution in [3.63, 3.8) is 0 Å². The molecule has 0 saturated heterocycles. The van der Waals surface area contributed by atoms with Crippen molar-refractivity contribution in [3.05, 3.63) is 69.6 Å². The quantitative estimate of drug-likeness (QED) is 0.697. The van der Waals surface area contributed by atoms with Gasteiger partial charge in [0.05, 0.1) is 11.9 Å². The summed E-state index contributed by atoms with van der Waals surface area (Å²) in [5.41, 5.74) is 2.31. The molecule has 6 nitrogen and oxygen atoms in total. The number of carbonyl (C=O) groups excluding carboxylic acids is 1. The molecule has 27 heavy (non-hydrogen) atoms. The summed E-state index contributed by atoms with van der Waals surface area (Å²) in [7, 11) is 3.25. The monoisotopic (exact) mass is 365 g/mol. The number of benzene rings is 2. The fourth-order valence-corrected chi connectivity index (χ4v) is 3.06. The number of aromatic nitrogens is 2. The van der Waals surface area contributed by atoms with Crippen LogP contribution in [0.1, 0.15) is 21.6 Å². The highest BCUT2D eigenvalue weighted by molar-refractivity contribution is 6.04. The molecule has 0 unspecified atom stereocenters. The minimum absolute atomic E-state index is 0.219. The van der Waals surface area contributed by atoms with E-state index in [9.17, 15) is 9.59 Å². The molecule has 0 radical (unpaired) electrons. The predicted octanol–water partition coefficient (Wildman–Crippen LogP) is 2.70. The summed E-state index contributed by atoms with van der Waals surface area (Å²) in [6.45, 7) is 4.82. The fraction of sp³-hybridized carbons (Fsp3) is 0.286. The molecular weight excluding hydrogens is 342 g/mol. The summed E-state index contributed by atoms with van der Waals surface area (Å²) < 4.78 is 6.99. The van der Waals surface area contributed by atoms with Gasteiger partial charge in [-0.3, -0.25) is 9.59 Å². The van der Waals surface area contributed by atoms with Gasteiger partial charge in [-0.25, -0.2) is 4.68 Å². The number of likely N-dealkylation sites (N-methyl/N-ethyl adjacent to an activating group) is 1. The molecule has 0 saturated carbocycles. The Morgan fingerprint density at radius 1 is 1.11 bits per heavy atom.